The molecule has 2 aliphatic heterocycles. The lowest BCUT2D eigenvalue weighted by atomic mass is 9.83. The van der Waals surface area contributed by atoms with Crippen molar-refractivity contribution in [1.29, 1.82) is 0 Å². The van der Waals surface area contributed by atoms with Gasteiger partial charge in [-0.2, -0.15) is 5.10 Å². The van der Waals surface area contributed by atoms with Gasteiger partial charge in [0, 0.05) is 6.54 Å². The van der Waals surface area contributed by atoms with Crippen molar-refractivity contribution in [1.82, 2.24) is 14.7 Å². The van der Waals surface area contributed by atoms with Crippen LogP contribution in [0.25, 0.3) is 5.69 Å². The fraction of sp³-hybridized carbons (Fsp3) is 0.250. The van der Waals surface area contributed by atoms with Gasteiger partial charge in [0.1, 0.15) is 11.4 Å². The van der Waals surface area contributed by atoms with Gasteiger partial charge in [0.25, 0.3) is 5.91 Å². The average molecular weight is 514 g/mol. The van der Waals surface area contributed by atoms with Gasteiger partial charge >= 0.3 is 12.1 Å². The number of rotatable bonds is 3. The molecule has 0 radical (unpaired) electrons. The van der Waals surface area contributed by atoms with E-state index in [4.69, 9.17) is 22.1 Å². The quantitative estimate of drug-likeness (QED) is 0.481. The van der Waals surface area contributed by atoms with Gasteiger partial charge in [0.15, 0.2) is 11.4 Å². The first kappa shape index (κ1) is 23.6. The number of halogens is 2. The van der Waals surface area contributed by atoms with Crippen LogP contribution in [0.15, 0.2) is 36.5 Å². The zero-order valence-corrected chi connectivity index (χ0v) is 19.8. The summed E-state index contributed by atoms with van der Waals surface area (Å²) in [4.78, 5) is 38.7. The highest BCUT2D eigenvalue weighted by Crippen LogP contribution is 2.45. The molecular weight excluding hydrogens is 493 g/mol. The van der Waals surface area contributed by atoms with E-state index in [1.54, 1.807) is 13.0 Å². The van der Waals surface area contributed by atoms with Crippen molar-refractivity contribution in [2.24, 2.45) is 0 Å². The second kappa shape index (κ2) is 8.52. The predicted molar refractivity (Wildman–Crippen MR) is 128 cm³/mol. The van der Waals surface area contributed by atoms with Crippen molar-refractivity contribution in [3.63, 3.8) is 0 Å². The smallest absolute Gasteiger partial charge is 0.412 e. The van der Waals surface area contributed by atoms with Crippen molar-refractivity contribution < 1.29 is 28.6 Å². The Morgan fingerprint density at radius 3 is 2.83 bits per heavy atom. The van der Waals surface area contributed by atoms with E-state index in [2.05, 4.69) is 10.4 Å². The van der Waals surface area contributed by atoms with Crippen LogP contribution in [0.2, 0.25) is 5.02 Å². The first-order valence-corrected chi connectivity index (χ1v) is 11.4. The molecule has 186 valence electrons. The number of carboxylic acids is 1. The number of anilines is 2. The van der Waals surface area contributed by atoms with Crippen LogP contribution in [0, 0.1) is 12.7 Å². The number of nitrogens with two attached hydrogens (primary N) is 1. The zero-order valence-electron chi connectivity index (χ0n) is 19.0. The third-order valence-corrected chi connectivity index (χ3v) is 6.83. The van der Waals surface area contributed by atoms with Gasteiger partial charge in [-0.3, -0.25) is 10.1 Å². The van der Waals surface area contributed by atoms with Crippen molar-refractivity contribution >= 4 is 41.1 Å². The van der Waals surface area contributed by atoms with Crippen molar-refractivity contribution in [3.05, 3.63) is 69.6 Å². The van der Waals surface area contributed by atoms with Gasteiger partial charge in [-0.25, -0.2) is 18.7 Å². The van der Waals surface area contributed by atoms with Crippen molar-refractivity contribution in [2.75, 3.05) is 24.1 Å². The molecule has 3 heterocycles. The highest BCUT2D eigenvalue weighted by atomic mass is 35.5. The van der Waals surface area contributed by atoms with E-state index in [9.17, 15) is 19.5 Å². The summed E-state index contributed by atoms with van der Waals surface area (Å²) in [5.74, 6) is -2.30. The summed E-state index contributed by atoms with van der Waals surface area (Å²) < 4.78 is 22.0. The molecule has 4 N–H and O–H groups in total. The van der Waals surface area contributed by atoms with E-state index in [0.717, 1.165) is 0 Å². The summed E-state index contributed by atoms with van der Waals surface area (Å²) in [6.07, 6.45) is 1.27. The van der Waals surface area contributed by atoms with Gasteiger partial charge < -0.3 is 20.5 Å². The van der Waals surface area contributed by atoms with Crippen LogP contribution >= 0.6 is 11.6 Å². The molecule has 5 rings (SSSR count). The Balaban J connectivity index is 1.50. The molecule has 2 amide bonds. The molecule has 12 heteroatoms. The fourth-order valence-electron chi connectivity index (χ4n) is 4.80. The number of carbonyl (C=O) groups excluding carboxylic acids is 2. The van der Waals surface area contributed by atoms with Crippen LogP contribution in [0.3, 0.4) is 0 Å². The third kappa shape index (κ3) is 3.72. The Hall–Kier alpha value is -4.12. The highest BCUT2D eigenvalue weighted by molar-refractivity contribution is 6.31. The summed E-state index contributed by atoms with van der Waals surface area (Å²) in [6, 6.07) is 7.35. The normalized spacial score (nSPS) is 19.0. The first-order chi connectivity index (χ1) is 17.1. The lowest BCUT2D eigenvalue weighted by molar-refractivity contribution is -0.0418. The molecule has 0 unspecified atom stereocenters. The van der Waals surface area contributed by atoms with Crippen LogP contribution < -0.4 is 11.1 Å². The third-order valence-electron chi connectivity index (χ3n) is 6.54. The lowest BCUT2D eigenvalue weighted by Gasteiger charge is -2.45. The molecule has 10 nitrogen and oxygen atoms in total. The number of carbonyl (C=O) groups is 3. The second-order valence-electron chi connectivity index (χ2n) is 8.78. The number of amides is 2. The minimum atomic E-state index is -1.42. The standard InChI is InChI=1S/C24H21ClFN5O5/c1-12-3-4-13(22(33)34)9-17(12)31-20(27)14(10-28-31)21(32)30-8-2-7-24(11-30)18-16(29-23(35)36-24)6-5-15(25)19(18)26/h3-6,9-10H,2,7-8,11,27H2,1H3,(H,29,35)(H,33,34)/t24-/m0/s1. The SMILES string of the molecule is Cc1ccc(C(=O)O)cc1-n1ncc(C(=O)N2CCC[C@@]3(C2)OC(=O)Nc2ccc(Cl)c(F)c23)c1N. The van der Waals surface area contributed by atoms with Crippen molar-refractivity contribution in [3.8, 4) is 5.69 Å². The molecule has 1 atom stereocenters. The van der Waals surface area contributed by atoms with E-state index in [-0.39, 0.29) is 39.8 Å². The molecule has 2 aliphatic rings. The summed E-state index contributed by atoms with van der Waals surface area (Å²) in [5, 5.41) is 15.9. The number of fused-ring (bicyclic) bond motifs is 2. The maximum absolute atomic E-state index is 15.1. The molecule has 1 aromatic heterocycles. The van der Waals surface area contributed by atoms with E-state index >= 15 is 4.39 Å². The number of hydrogen-bond acceptors (Lipinski definition) is 6. The van der Waals surface area contributed by atoms with E-state index in [1.165, 1.54) is 40.0 Å². The lowest BCUT2D eigenvalue weighted by Crippen LogP contribution is -2.53. The molecule has 36 heavy (non-hydrogen) atoms. The van der Waals surface area contributed by atoms with Crippen LogP contribution in [-0.4, -0.2) is 50.8 Å². The summed E-state index contributed by atoms with van der Waals surface area (Å²) in [7, 11) is 0. The number of aromatic nitrogens is 2. The van der Waals surface area contributed by atoms with E-state index < -0.39 is 29.4 Å². The number of aromatic carboxylic acids is 1. The number of nitrogen functional groups attached to an aromatic ring is 1. The van der Waals surface area contributed by atoms with E-state index in [0.29, 0.717) is 30.6 Å². The minimum absolute atomic E-state index is 0.0159. The number of likely N-dealkylation sites (tertiary alicyclic amines) is 1. The Kier molecular flexibility index (Phi) is 5.59. The van der Waals surface area contributed by atoms with Crippen LogP contribution in [-0.2, 0) is 10.3 Å². The number of ether oxygens (including phenoxy) is 1. The molecule has 0 bridgehead atoms. The van der Waals surface area contributed by atoms with Gasteiger partial charge in [-0.1, -0.05) is 17.7 Å². The first-order valence-electron chi connectivity index (χ1n) is 11.1. The van der Waals surface area contributed by atoms with Crippen molar-refractivity contribution in [2.45, 2.75) is 25.4 Å². The number of carboxylic acid groups (broad SMARTS) is 1. The zero-order chi connectivity index (χ0) is 25.8. The number of nitrogens with zero attached hydrogens (tertiary/aromatic N) is 3. The minimum Gasteiger partial charge on any atom is -0.478 e. The molecule has 2 aromatic carbocycles. The van der Waals surface area contributed by atoms with Crippen LogP contribution in [0.5, 0.6) is 0 Å². The Morgan fingerprint density at radius 2 is 2.08 bits per heavy atom. The summed E-state index contributed by atoms with van der Waals surface area (Å²) >= 11 is 6.02. The van der Waals surface area contributed by atoms with Gasteiger partial charge in [-0.05, 0) is 49.6 Å². The number of piperidine rings is 1. The number of aryl methyl sites for hydroxylation is 1. The molecule has 0 saturated carbocycles. The fourth-order valence-corrected chi connectivity index (χ4v) is 4.96. The number of nitrogens with one attached hydrogen (secondary N) is 1. The van der Waals surface area contributed by atoms with Crippen LogP contribution in [0.4, 0.5) is 20.7 Å². The topological polar surface area (TPSA) is 140 Å². The molecular formula is C24H21ClFN5O5. The largest absolute Gasteiger partial charge is 0.478 e. The summed E-state index contributed by atoms with van der Waals surface area (Å²) in [6.45, 7) is 1.98. The average Bonchev–Trinajstić information content (AvgIpc) is 3.21. The summed E-state index contributed by atoms with van der Waals surface area (Å²) in [5.41, 5.74) is 6.45. The monoisotopic (exact) mass is 513 g/mol. The Morgan fingerprint density at radius 1 is 1.31 bits per heavy atom. The molecule has 0 aliphatic carbocycles. The molecule has 1 fully saturated rings. The van der Waals surface area contributed by atoms with Crippen LogP contribution in [0.1, 0.15) is 44.7 Å². The van der Waals surface area contributed by atoms with Gasteiger partial charge in [-0.15, -0.1) is 0 Å². The Labute approximate surface area is 209 Å². The molecule has 1 spiro atoms. The van der Waals surface area contributed by atoms with Gasteiger partial charge in [0.2, 0.25) is 0 Å². The van der Waals surface area contributed by atoms with E-state index in [1.807, 2.05) is 0 Å². The number of benzene rings is 2. The molecule has 3 aromatic rings. The highest BCUT2D eigenvalue weighted by Gasteiger charge is 2.48. The maximum atomic E-state index is 15.1. The Bertz CT molecular complexity index is 1440. The number of hydrogen-bond donors (Lipinski definition) is 3. The molecule has 1 saturated heterocycles. The maximum Gasteiger partial charge on any atom is 0.412 e. The van der Waals surface area contributed by atoms with Gasteiger partial charge in [0.05, 0.1) is 40.3 Å². The second-order valence-corrected chi connectivity index (χ2v) is 9.19. The predicted octanol–water partition coefficient (Wildman–Crippen LogP) is 3.95.